The van der Waals surface area contributed by atoms with Crippen LogP contribution in [-0.2, 0) is 4.79 Å². The summed E-state index contributed by atoms with van der Waals surface area (Å²) in [5, 5.41) is 8.74. The van der Waals surface area contributed by atoms with Crippen LogP contribution in [0.4, 0.5) is 5.69 Å². The molecule has 188 valence electrons. The lowest BCUT2D eigenvalue weighted by atomic mass is 10.1. The van der Waals surface area contributed by atoms with E-state index in [0.717, 1.165) is 16.8 Å². The van der Waals surface area contributed by atoms with Crippen LogP contribution in [0.25, 0.3) is 16.5 Å². The fourth-order valence-corrected chi connectivity index (χ4v) is 4.65. The highest BCUT2D eigenvalue weighted by Crippen LogP contribution is 2.32. The summed E-state index contributed by atoms with van der Waals surface area (Å²) in [5.41, 5.74) is 2.58. The molecule has 4 aromatic rings. The first kappa shape index (κ1) is 25.0. The Balaban J connectivity index is 1.76. The molecular formula is C28H32N4O4. The van der Waals surface area contributed by atoms with Gasteiger partial charge in [0.1, 0.15) is 17.5 Å². The molecule has 1 N–H and O–H groups in total. The normalized spacial score (nSPS) is 11.9. The third-order valence-corrected chi connectivity index (χ3v) is 6.27. The van der Waals surface area contributed by atoms with E-state index in [4.69, 9.17) is 9.47 Å². The molecule has 8 nitrogen and oxygen atoms in total. The third kappa shape index (κ3) is 4.58. The molecule has 0 saturated heterocycles. The molecule has 1 unspecified atom stereocenters. The second kappa shape index (κ2) is 10.7. The Morgan fingerprint density at radius 1 is 1.00 bits per heavy atom. The molecular weight excluding hydrogens is 456 g/mol. The molecule has 0 radical (unpaired) electrons. The largest absolute Gasteiger partial charge is 0.494 e. The van der Waals surface area contributed by atoms with E-state index in [1.54, 1.807) is 18.3 Å². The number of aromatic nitrogens is 3. The lowest BCUT2D eigenvalue weighted by Gasteiger charge is -2.22. The third-order valence-electron chi connectivity index (χ3n) is 6.27. The molecule has 0 aliphatic carbocycles. The van der Waals surface area contributed by atoms with Crippen LogP contribution in [0.15, 0.2) is 59.5 Å². The van der Waals surface area contributed by atoms with Gasteiger partial charge in [0.05, 0.1) is 36.2 Å². The maximum Gasteiger partial charge on any atom is 0.281 e. The van der Waals surface area contributed by atoms with Crippen LogP contribution < -0.4 is 20.3 Å². The van der Waals surface area contributed by atoms with Gasteiger partial charge in [-0.1, -0.05) is 25.1 Å². The number of anilines is 1. The van der Waals surface area contributed by atoms with Crippen molar-refractivity contribution in [1.29, 1.82) is 0 Å². The number of amides is 1. The number of hydrogen-bond donors (Lipinski definition) is 1. The van der Waals surface area contributed by atoms with Gasteiger partial charge < -0.3 is 19.4 Å². The second-order valence-corrected chi connectivity index (χ2v) is 8.46. The molecule has 4 rings (SSSR count). The van der Waals surface area contributed by atoms with Gasteiger partial charge in [-0.05, 0) is 58.4 Å². The highest BCUT2D eigenvalue weighted by Gasteiger charge is 2.26. The summed E-state index contributed by atoms with van der Waals surface area (Å²) >= 11 is 0. The number of nitrogens with zero attached hydrogens (tertiary/aromatic N) is 3. The molecule has 0 spiro atoms. The number of fused-ring (bicyclic) bond motifs is 1. The van der Waals surface area contributed by atoms with Crippen LogP contribution in [0.3, 0.4) is 0 Å². The molecule has 0 bridgehead atoms. The Kier molecular flexibility index (Phi) is 7.43. The molecule has 1 atom stereocenters. The second-order valence-electron chi connectivity index (χ2n) is 8.46. The van der Waals surface area contributed by atoms with Crippen molar-refractivity contribution < 1.29 is 14.3 Å². The molecule has 1 amide bonds. The van der Waals surface area contributed by atoms with Crippen molar-refractivity contribution in [3.63, 3.8) is 0 Å². The van der Waals surface area contributed by atoms with Gasteiger partial charge in [0.2, 0.25) is 5.91 Å². The zero-order chi connectivity index (χ0) is 25.8. The number of rotatable bonds is 9. The monoisotopic (exact) mass is 488 g/mol. The zero-order valence-electron chi connectivity index (χ0n) is 21.4. The van der Waals surface area contributed by atoms with Gasteiger partial charge in [-0.3, -0.25) is 9.59 Å². The molecule has 0 aliphatic heterocycles. The summed E-state index contributed by atoms with van der Waals surface area (Å²) in [5.74, 6) is 1.02. The van der Waals surface area contributed by atoms with Crippen molar-refractivity contribution in [2.24, 2.45) is 0 Å². The standard InChI is InChI=1S/C28H32N4O4/c1-6-24(27(33)30-23-16-21(35-7-2)14-15-25(23)36-8-3)31-18(4)22-17-29-32(20-12-10-9-11-13-20)28(34)26(22)19(31)5/h9-17,24H,6-8H2,1-5H3,(H,30,33). The van der Waals surface area contributed by atoms with E-state index < -0.39 is 6.04 Å². The van der Waals surface area contributed by atoms with Crippen LogP contribution in [-0.4, -0.2) is 33.5 Å². The van der Waals surface area contributed by atoms with E-state index in [-0.39, 0.29) is 11.5 Å². The number of carbonyl (C=O) groups is 1. The van der Waals surface area contributed by atoms with E-state index in [1.165, 1.54) is 4.68 Å². The Morgan fingerprint density at radius 2 is 1.72 bits per heavy atom. The van der Waals surface area contributed by atoms with Gasteiger partial charge in [-0.25, -0.2) is 0 Å². The summed E-state index contributed by atoms with van der Waals surface area (Å²) < 4.78 is 14.7. The zero-order valence-corrected chi connectivity index (χ0v) is 21.4. The summed E-state index contributed by atoms with van der Waals surface area (Å²) in [6.07, 6.45) is 2.23. The minimum atomic E-state index is -0.535. The number of nitrogens with one attached hydrogen (secondary N) is 1. The number of para-hydroxylation sites is 1. The predicted molar refractivity (Wildman–Crippen MR) is 142 cm³/mol. The van der Waals surface area contributed by atoms with E-state index in [9.17, 15) is 9.59 Å². The summed E-state index contributed by atoms with van der Waals surface area (Å²) in [7, 11) is 0. The molecule has 2 heterocycles. The van der Waals surface area contributed by atoms with Gasteiger partial charge in [-0.15, -0.1) is 0 Å². The first-order chi connectivity index (χ1) is 17.4. The summed E-state index contributed by atoms with van der Waals surface area (Å²) in [4.78, 5) is 27.1. The molecule has 2 aromatic heterocycles. The molecule has 0 fully saturated rings. The molecule has 36 heavy (non-hydrogen) atoms. The maximum atomic E-state index is 13.6. The Labute approximate surface area is 210 Å². The lowest BCUT2D eigenvalue weighted by molar-refractivity contribution is -0.119. The maximum absolute atomic E-state index is 13.6. The number of benzene rings is 2. The summed E-state index contributed by atoms with van der Waals surface area (Å²) in [6, 6.07) is 14.2. The minimum Gasteiger partial charge on any atom is -0.494 e. The Hall–Kier alpha value is -4.07. The van der Waals surface area contributed by atoms with E-state index in [2.05, 4.69) is 10.4 Å². The number of hydrogen-bond acceptors (Lipinski definition) is 5. The van der Waals surface area contributed by atoms with Gasteiger partial charge in [0.25, 0.3) is 5.56 Å². The van der Waals surface area contributed by atoms with Crippen molar-refractivity contribution >= 4 is 22.4 Å². The highest BCUT2D eigenvalue weighted by molar-refractivity contribution is 5.96. The SMILES string of the molecule is CCOc1ccc(OCC)c(NC(=O)C(CC)n2c(C)c3cnn(-c4ccccc4)c(=O)c3c2C)c1. The van der Waals surface area contributed by atoms with Crippen molar-refractivity contribution in [1.82, 2.24) is 14.3 Å². The van der Waals surface area contributed by atoms with Crippen molar-refractivity contribution in [3.05, 3.63) is 76.5 Å². The van der Waals surface area contributed by atoms with Gasteiger partial charge in [0, 0.05) is 22.8 Å². The highest BCUT2D eigenvalue weighted by atomic mass is 16.5. The van der Waals surface area contributed by atoms with Crippen LogP contribution >= 0.6 is 0 Å². The molecule has 8 heteroatoms. The molecule has 2 aromatic carbocycles. The first-order valence-corrected chi connectivity index (χ1v) is 12.3. The predicted octanol–water partition coefficient (Wildman–Crippen LogP) is 5.19. The average molecular weight is 489 g/mol. The van der Waals surface area contributed by atoms with Crippen molar-refractivity contribution in [2.75, 3.05) is 18.5 Å². The Bertz CT molecular complexity index is 1440. The van der Waals surface area contributed by atoms with E-state index in [1.807, 2.05) is 75.6 Å². The van der Waals surface area contributed by atoms with Gasteiger partial charge in [0.15, 0.2) is 0 Å². The average Bonchev–Trinajstić information content (AvgIpc) is 3.13. The number of aryl methyl sites for hydroxylation is 2. The topological polar surface area (TPSA) is 87.4 Å². The number of ether oxygens (including phenoxy) is 2. The number of carbonyl (C=O) groups excluding carboxylic acids is 1. The molecule has 0 aliphatic rings. The van der Waals surface area contributed by atoms with Gasteiger partial charge >= 0.3 is 0 Å². The molecule has 0 saturated carbocycles. The fourth-order valence-electron chi connectivity index (χ4n) is 4.65. The summed E-state index contributed by atoms with van der Waals surface area (Å²) in [6.45, 7) is 10.5. The van der Waals surface area contributed by atoms with Crippen LogP contribution in [0.1, 0.15) is 44.6 Å². The van der Waals surface area contributed by atoms with Crippen LogP contribution in [0, 0.1) is 13.8 Å². The van der Waals surface area contributed by atoms with Crippen LogP contribution in [0.2, 0.25) is 0 Å². The van der Waals surface area contributed by atoms with Crippen molar-refractivity contribution in [3.8, 4) is 17.2 Å². The lowest BCUT2D eigenvalue weighted by Crippen LogP contribution is -2.27. The first-order valence-electron chi connectivity index (χ1n) is 12.3. The smallest absolute Gasteiger partial charge is 0.281 e. The Morgan fingerprint density at radius 3 is 2.39 bits per heavy atom. The fraction of sp³-hybridized carbons (Fsp3) is 0.321. The minimum absolute atomic E-state index is 0.199. The van der Waals surface area contributed by atoms with E-state index >= 15 is 0 Å². The van der Waals surface area contributed by atoms with Crippen molar-refractivity contribution in [2.45, 2.75) is 47.1 Å². The quantitative estimate of drug-likeness (QED) is 0.350. The van der Waals surface area contributed by atoms with Gasteiger partial charge in [-0.2, -0.15) is 9.78 Å². The van der Waals surface area contributed by atoms with Crippen LogP contribution in [0.5, 0.6) is 11.5 Å². The van der Waals surface area contributed by atoms with E-state index in [0.29, 0.717) is 47.9 Å².